The first-order valence-corrected chi connectivity index (χ1v) is 19.4. The summed E-state index contributed by atoms with van der Waals surface area (Å²) in [4.78, 5) is 5.02. The number of rotatable bonds is 4. The van der Waals surface area contributed by atoms with E-state index in [9.17, 15) is 0 Å². The first-order chi connectivity index (χ1) is 26.5. The fourth-order valence-electron chi connectivity index (χ4n) is 9.22. The van der Waals surface area contributed by atoms with Gasteiger partial charge in [-0.2, -0.15) is 4.57 Å². The summed E-state index contributed by atoms with van der Waals surface area (Å²) >= 11 is 0. The Kier molecular flexibility index (Phi) is 7.19. The fourth-order valence-corrected chi connectivity index (χ4v) is 9.22. The smallest absolute Gasteiger partial charge is 0.250 e. The Balaban J connectivity index is 1.29. The standard InChI is InChI=1S/C51H45N4/c1-49(2,3)34-28-29-52-48(32-34)55-44-23-12-9-20-40(44)41-27-26-36(31-47(41)55)51(42-21-10-7-18-38(42)39-19-8-11-22-43(39)51)35-16-15-17-37(30-35)53-33-54(50(4,5)6)46-25-14-13-24-45(46)53/h7-33H,1-6H3/q+1. The molecule has 4 nitrogen and oxygen atoms in total. The highest BCUT2D eigenvalue weighted by molar-refractivity contribution is 6.09. The van der Waals surface area contributed by atoms with Crippen LogP contribution in [0.2, 0.25) is 0 Å². The molecule has 0 bridgehead atoms. The summed E-state index contributed by atoms with van der Waals surface area (Å²) in [6.07, 6.45) is 4.24. The van der Waals surface area contributed by atoms with E-state index in [-0.39, 0.29) is 11.0 Å². The van der Waals surface area contributed by atoms with Crippen molar-refractivity contribution in [1.29, 1.82) is 0 Å². The summed E-state index contributed by atoms with van der Waals surface area (Å²) < 4.78 is 7.12. The Morgan fingerprint density at radius 3 is 1.91 bits per heavy atom. The molecule has 0 unspecified atom stereocenters. The van der Waals surface area contributed by atoms with E-state index in [1.54, 1.807) is 0 Å². The summed E-state index contributed by atoms with van der Waals surface area (Å²) in [5.74, 6) is 0.936. The SMILES string of the molecule is CC(C)(C)c1ccnc(-n2c3ccccc3c3ccc(C4(c5cccc(-n6c[n+](C(C)(C)C)c7ccccc76)c5)c5ccccc5-c5ccccc54)cc32)c1. The normalized spacial score (nSPS) is 13.8. The predicted octanol–water partition coefficient (Wildman–Crippen LogP) is 11.8. The minimum Gasteiger partial charge on any atom is -0.294 e. The monoisotopic (exact) mass is 713 g/mol. The van der Waals surface area contributed by atoms with Gasteiger partial charge in [-0.3, -0.25) is 4.57 Å². The third-order valence-electron chi connectivity index (χ3n) is 11.8. The second-order valence-electron chi connectivity index (χ2n) is 17.1. The maximum absolute atomic E-state index is 5.02. The van der Waals surface area contributed by atoms with Gasteiger partial charge in [0, 0.05) is 17.0 Å². The van der Waals surface area contributed by atoms with E-state index in [2.05, 4.69) is 213 Å². The molecule has 3 aromatic heterocycles. The van der Waals surface area contributed by atoms with Crippen LogP contribution in [0.1, 0.15) is 69.4 Å². The van der Waals surface area contributed by atoms with Crippen LogP contribution in [0.3, 0.4) is 0 Å². The molecule has 3 heterocycles. The molecule has 1 aliphatic carbocycles. The number of nitrogens with zero attached hydrogens (tertiary/aromatic N) is 4. The molecule has 0 fully saturated rings. The van der Waals surface area contributed by atoms with E-state index in [4.69, 9.17) is 4.98 Å². The first kappa shape index (κ1) is 33.3. The number of imidazole rings is 1. The van der Waals surface area contributed by atoms with Crippen LogP contribution >= 0.6 is 0 Å². The Hall–Kier alpha value is -6.26. The highest BCUT2D eigenvalue weighted by atomic mass is 15.2. The second kappa shape index (κ2) is 11.9. The quantitative estimate of drug-likeness (QED) is 0.167. The van der Waals surface area contributed by atoms with E-state index >= 15 is 0 Å². The number of para-hydroxylation sites is 3. The molecule has 4 heteroatoms. The van der Waals surface area contributed by atoms with Crippen molar-refractivity contribution in [2.45, 2.75) is 57.9 Å². The lowest BCUT2D eigenvalue weighted by molar-refractivity contribution is -0.731. The zero-order chi connectivity index (χ0) is 37.7. The fraction of sp³-hybridized carbons (Fsp3) is 0.176. The second-order valence-corrected chi connectivity index (χ2v) is 17.1. The zero-order valence-corrected chi connectivity index (χ0v) is 32.4. The van der Waals surface area contributed by atoms with Crippen LogP contribution in [0.4, 0.5) is 0 Å². The average Bonchev–Trinajstić information content (AvgIpc) is 3.85. The van der Waals surface area contributed by atoms with Gasteiger partial charge in [0.2, 0.25) is 6.33 Å². The summed E-state index contributed by atoms with van der Waals surface area (Å²) in [6.45, 7) is 13.6. The van der Waals surface area contributed by atoms with Crippen molar-refractivity contribution in [1.82, 2.24) is 14.1 Å². The molecule has 1 aliphatic rings. The van der Waals surface area contributed by atoms with Crippen molar-refractivity contribution < 1.29 is 4.57 Å². The van der Waals surface area contributed by atoms with Gasteiger partial charge in [-0.15, -0.1) is 0 Å². The van der Waals surface area contributed by atoms with Crippen LogP contribution < -0.4 is 4.57 Å². The zero-order valence-electron chi connectivity index (χ0n) is 32.4. The molecule has 0 N–H and O–H groups in total. The molecule has 0 spiro atoms. The van der Waals surface area contributed by atoms with Crippen LogP contribution in [0.5, 0.6) is 0 Å². The number of fused-ring (bicyclic) bond motifs is 7. The van der Waals surface area contributed by atoms with E-state index in [0.29, 0.717) is 0 Å². The largest absolute Gasteiger partial charge is 0.294 e. The Labute approximate surface area is 323 Å². The number of hydrogen-bond donors (Lipinski definition) is 0. The molecule has 10 rings (SSSR count). The summed E-state index contributed by atoms with van der Waals surface area (Å²) in [6, 6.07) is 56.3. The van der Waals surface area contributed by atoms with Crippen LogP contribution in [0, 0.1) is 0 Å². The molecular formula is C51H45N4+. The van der Waals surface area contributed by atoms with Crippen LogP contribution in [0.25, 0.3) is 55.5 Å². The lowest BCUT2D eigenvalue weighted by Crippen LogP contribution is -2.49. The van der Waals surface area contributed by atoms with E-state index in [1.807, 2.05) is 6.20 Å². The lowest BCUT2D eigenvalue weighted by Gasteiger charge is -2.34. The minimum atomic E-state index is -0.581. The molecule has 0 atom stereocenters. The number of benzene rings is 6. The van der Waals surface area contributed by atoms with Gasteiger partial charge < -0.3 is 0 Å². The summed E-state index contributed by atoms with van der Waals surface area (Å²) in [5.41, 5.74) is 14.0. The van der Waals surface area contributed by atoms with Crippen LogP contribution in [-0.2, 0) is 16.4 Å². The van der Waals surface area contributed by atoms with E-state index in [1.165, 1.54) is 60.8 Å². The molecule has 55 heavy (non-hydrogen) atoms. The summed E-state index contributed by atoms with van der Waals surface area (Å²) in [5, 5.41) is 2.44. The van der Waals surface area contributed by atoms with Gasteiger partial charge in [-0.1, -0.05) is 124 Å². The topological polar surface area (TPSA) is 26.6 Å². The summed E-state index contributed by atoms with van der Waals surface area (Å²) in [7, 11) is 0. The Bertz CT molecular complexity index is 2920. The minimum absolute atomic E-state index is 0.00878. The van der Waals surface area contributed by atoms with Crippen molar-refractivity contribution in [3.63, 3.8) is 0 Å². The lowest BCUT2D eigenvalue weighted by atomic mass is 9.67. The molecule has 0 amide bonds. The van der Waals surface area contributed by atoms with Crippen molar-refractivity contribution >= 4 is 32.8 Å². The van der Waals surface area contributed by atoms with Crippen molar-refractivity contribution in [3.8, 4) is 22.6 Å². The Morgan fingerprint density at radius 1 is 0.545 bits per heavy atom. The van der Waals surface area contributed by atoms with Crippen LogP contribution in [0.15, 0.2) is 164 Å². The molecule has 0 aliphatic heterocycles. The average molecular weight is 714 g/mol. The van der Waals surface area contributed by atoms with Gasteiger partial charge in [0.05, 0.1) is 16.4 Å². The van der Waals surface area contributed by atoms with E-state index < -0.39 is 5.41 Å². The van der Waals surface area contributed by atoms with Crippen molar-refractivity contribution in [3.05, 3.63) is 192 Å². The molecule has 9 aromatic rings. The van der Waals surface area contributed by atoms with E-state index in [0.717, 1.165) is 22.5 Å². The molecule has 0 saturated heterocycles. The number of aromatic nitrogens is 4. The predicted molar refractivity (Wildman–Crippen MR) is 227 cm³/mol. The number of hydrogen-bond acceptors (Lipinski definition) is 1. The molecule has 0 radical (unpaired) electrons. The molecule has 268 valence electrons. The Morgan fingerprint density at radius 2 is 1.18 bits per heavy atom. The first-order valence-electron chi connectivity index (χ1n) is 19.4. The van der Waals surface area contributed by atoms with Gasteiger partial charge in [-0.25, -0.2) is 9.55 Å². The van der Waals surface area contributed by atoms with Crippen LogP contribution in [-0.4, -0.2) is 14.1 Å². The highest BCUT2D eigenvalue weighted by Crippen LogP contribution is 2.56. The maximum Gasteiger partial charge on any atom is 0.250 e. The van der Waals surface area contributed by atoms with Gasteiger partial charge in [0.1, 0.15) is 17.0 Å². The van der Waals surface area contributed by atoms with Crippen molar-refractivity contribution in [2.75, 3.05) is 0 Å². The van der Waals surface area contributed by atoms with Gasteiger partial charge in [-0.05, 0) is 114 Å². The molecule has 6 aromatic carbocycles. The van der Waals surface area contributed by atoms with Gasteiger partial charge >= 0.3 is 0 Å². The highest BCUT2D eigenvalue weighted by Gasteiger charge is 2.46. The van der Waals surface area contributed by atoms with Gasteiger partial charge in [0.25, 0.3) is 0 Å². The third-order valence-corrected chi connectivity index (χ3v) is 11.8. The number of pyridine rings is 1. The molecule has 0 saturated carbocycles. The maximum atomic E-state index is 5.02. The molecular weight excluding hydrogens is 669 g/mol. The van der Waals surface area contributed by atoms with Gasteiger partial charge in [0.15, 0.2) is 11.0 Å². The van der Waals surface area contributed by atoms with Crippen molar-refractivity contribution in [2.24, 2.45) is 0 Å². The third kappa shape index (κ3) is 4.90.